The zero-order valence-corrected chi connectivity index (χ0v) is 20.9. The number of benzene rings is 3. The van der Waals surface area contributed by atoms with Crippen molar-refractivity contribution in [1.29, 1.82) is 0 Å². The second kappa shape index (κ2) is 10.1. The third-order valence-corrected chi connectivity index (χ3v) is 7.28. The van der Waals surface area contributed by atoms with Crippen LogP contribution in [0.2, 0.25) is 5.02 Å². The number of fused-ring (bicyclic) bond motifs is 1. The van der Waals surface area contributed by atoms with Crippen LogP contribution >= 0.6 is 11.6 Å². The number of aromatic nitrogens is 1. The quantitative estimate of drug-likeness (QED) is 0.344. The van der Waals surface area contributed by atoms with Crippen LogP contribution in [-0.2, 0) is 18.4 Å². The standard InChI is InChI=1S/C29H30ClN3O2/c1-32-27-6-4-3-5-25(27)26(28(32)20-7-9-22(30)10-8-20)19-33-17-15-21(16-18-33)29(34)31-23-11-13-24(35-2)14-12-23/h3-14,21H,15-19H2,1-2H3,(H,31,34). The topological polar surface area (TPSA) is 46.5 Å². The highest BCUT2D eigenvalue weighted by molar-refractivity contribution is 6.30. The second-order valence-corrected chi connectivity index (χ2v) is 9.61. The number of nitrogens with one attached hydrogen (secondary N) is 1. The lowest BCUT2D eigenvalue weighted by atomic mass is 9.95. The Labute approximate surface area is 211 Å². The first-order valence-corrected chi connectivity index (χ1v) is 12.4. The number of rotatable bonds is 6. The summed E-state index contributed by atoms with van der Waals surface area (Å²) < 4.78 is 7.48. The predicted octanol–water partition coefficient (Wildman–Crippen LogP) is 6.36. The summed E-state index contributed by atoms with van der Waals surface area (Å²) >= 11 is 6.16. The molecule has 0 bridgehead atoms. The molecule has 0 unspecified atom stereocenters. The summed E-state index contributed by atoms with van der Waals surface area (Å²) in [4.78, 5) is 15.3. The van der Waals surface area contributed by atoms with E-state index in [1.54, 1.807) is 7.11 Å². The Morgan fingerprint density at radius 2 is 1.69 bits per heavy atom. The molecule has 6 heteroatoms. The number of aryl methyl sites for hydroxylation is 1. The van der Waals surface area contributed by atoms with Crippen molar-refractivity contribution in [2.75, 3.05) is 25.5 Å². The zero-order chi connectivity index (χ0) is 24.4. The van der Waals surface area contributed by atoms with Crippen LogP contribution in [0.1, 0.15) is 18.4 Å². The minimum atomic E-state index is 0.0246. The molecule has 180 valence electrons. The van der Waals surface area contributed by atoms with Crippen LogP contribution in [0, 0.1) is 5.92 Å². The van der Waals surface area contributed by atoms with Crippen molar-refractivity contribution < 1.29 is 9.53 Å². The Balaban J connectivity index is 1.30. The van der Waals surface area contributed by atoms with Gasteiger partial charge in [-0.3, -0.25) is 9.69 Å². The van der Waals surface area contributed by atoms with Crippen LogP contribution in [0.3, 0.4) is 0 Å². The lowest BCUT2D eigenvalue weighted by Crippen LogP contribution is -2.37. The first kappa shape index (κ1) is 23.5. The Morgan fingerprint density at radius 1 is 1.00 bits per heavy atom. The summed E-state index contributed by atoms with van der Waals surface area (Å²) in [6.07, 6.45) is 1.70. The molecule has 5 rings (SSSR count). The Kier molecular flexibility index (Phi) is 6.80. The third-order valence-electron chi connectivity index (χ3n) is 7.03. The molecular weight excluding hydrogens is 458 g/mol. The first-order valence-electron chi connectivity index (χ1n) is 12.0. The van der Waals surface area contributed by atoms with Crippen LogP contribution in [0.25, 0.3) is 22.2 Å². The van der Waals surface area contributed by atoms with Gasteiger partial charge in [0, 0.05) is 41.1 Å². The highest BCUT2D eigenvalue weighted by Crippen LogP contribution is 2.35. The number of hydrogen-bond donors (Lipinski definition) is 1. The van der Waals surface area contributed by atoms with Gasteiger partial charge in [-0.15, -0.1) is 0 Å². The molecular formula is C29H30ClN3O2. The summed E-state index contributed by atoms with van der Waals surface area (Å²) in [6.45, 7) is 2.64. The van der Waals surface area contributed by atoms with Crippen molar-refractivity contribution in [2.45, 2.75) is 19.4 Å². The average Bonchev–Trinajstić information content (AvgIpc) is 3.17. The lowest BCUT2D eigenvalue weighted by Gasteiger charge is -2.31. The van der Waals surface area contributed by atoms with E-state index in [1.807, 2.05) is 36.4 Å². The second-order valence-electron chi connectivity index (χ2n) is 9.18. The van der Waals surface area contributed by atoms with Gasteiger partial charge < -0.3 is 14.6 Å². The van der Waals surface area contributed by atoms with Gasteiger partial charge in [0.1, 0.15) is 5.75 Å². The van der Waals surface area contributed by atoms with Crippen LogP contribution in [0.15, 0.2) is 72.8 Å². The van der Waals surface area contributed by atoms with Gasteiger partial charge in [-0.2, -0.15) is 0 Å². The highest BCUT2D eigenvalue weighted by Gasteiger charge is 2.27. The number of anilines is 1. The molecule has 35 heavy (non-hydrogen) atoms. The van der Waals surface area contributed by atoms with Gasteiger partial charge in [-0.05, 0) is 79.5 Å². The third kappa shape index (κ3) is 4.93. The van der Waals surface area contributed by atoms with Crippen molar-refractivity contribution in [1.82, 2.24) is 9.47 Å². The monoisotopic (exact) mass is 487 g/mol. The number of piperidine rings is 1. The van der Waals surface area contributed by atoms with Crippen molar-refractivity contribution in [3.8, 4) is 17.0 Å². The molecule has 1 aromatic heterocycles. The van der Waals surface area contributed by atoms with Gasteiger partial charge >= 0.3 is 0 Å². The maximum absolute atomic E-state index is 12.9. The fraction of sp³-hybridized carbons (Fsp3) is 0.276. The number of hydrogen-bond acceptors (Lipinski definition) is 3. The molecule has 5 nitrogen and oxygen atoms in total. The van der Waals surface area contributed by atoms with E-state index < -0.39 is 0 Å². The van der Waals surface area contributed by atoms with E-state index in [4.69, 9.17) is 16.3 Å². The van der Waals surface area contributed by atoms with Crippen LogP contribution in [0.5, 0.6) is 5.75 Å². The average molecular weight is 488 g/mol. The number of nitrogens with zero attached hydrogens (tertiary/aromatic N) is 2. The van der Waals surface area contributed by atoms with Crippen molar-refractivity contribution in [3.05, 3.63) is 83.4 Å². The maximum atomic E-state index is 12.9. The summed E-state index contributed by atoms with van der Waals surface area (Å²) in [5.41, 5.74) is 5.74. The van der Waals surface area contributed by atoms with E-state index in [1.165, 1.54) is 22.2 Å². The van der Waals surface area contributed by atoms with Gasteiger partial charge in [-0.1, -0.05) is 41.9 Å². The van der Waals surface area contributed by atoms with Gasteiger partial charge in [0.05, 0.1) is 12.8 Å². The molecule has 1 fully saturated rings. The van der Waals surface area contributed by atoms with Crippen molar-refractivity contribution >= 4 is 34.1 Å². The molecule has 3 aromatic carbocycles. The molecule has 0 spiro atoms. The number of amides is 1. The normalized spacial score (nSPS) is 14.8. The number of para-hydroxylation sites is 1. The van der Waals surface area contributed by atoms with E-state index in [-0.39, 0.29) is 11.8 Å². The summed E-state index contributed by atoms with van der Waals surface area (Å²) in [7, 11) is 3.77. The van der Waals surface area contributed by atoms with Gasteiger partial charge in [0.25, 0.3) is 0 Å². The molecule has 2 heterocycles. The lowest BCUT2D eigenvalue weighted by molar-refractivity contribution is -0.121. The number of carbonyl (C=O) groups is 1. The number of methoxy groups -OCH3 is 1. The summed E-state index contributed by atoms with van der Waals surface area (Å²) in [6, 6.07) is 24.1. The SMILES string of the molecule is COc1ccc(NC(=O)C2CCN(Cc3c(-c4ccc(Cl)cc4)n(C)c4ccccc34)CC2)cc1. The number of halogens is 1. The van der Waals surface area contributed by atoms with Crippen LogP contribution < -0.4 is 10.1 Å². The smallest absolute Gasteiger partial charge is 0.227 e. The molecule has 1 aliphatic rings. The molecule has 1 amide bonds. The molecule has 0 aliphatic carbocycles. The van der Waals surface area contributed by atoms with Gasteiger partial charge in [-0.25, -0.2) is 0 Å². The highest BCUT2D eigenvalue weighted by atomic mass is 35.5. The van der Waals surface area contributed by atoms with Crippen molar-refractivity contribution in [3.63, 3.8) is 0 Å². The number of likely N-dealkylation sites (tertiary alicyclic amines) is 1. The fourth-order valence-corrected chi connectivity index (χ4v) is 5.23. The van der Waals surface area contributed by atoms with E-state index in [9.17, 15) is 4.79 Å². The van der Waals surface area contributed by atoms with Gasteiger partial charge in [0.2, 0.25) is 5.91 Å². The van der Waals surface area contributed by atoms with E-state index in [2.05, 4.69) is 58.2 Å². The zero-order valence-electron chi connectivity index (χ0n) is 20.1. The maximum Gasteiger partial charge on any atom is 0.227 e. The largest absolute Gasteiger partial charge is 0.497 e. The molecule has 1 N–H and O–H groups in total. The molecule has 1 saturated heterocycles. The minimum Gasteiger partial charge on any atom is -0.497 e. The fourth-order valence-electron chi connectivity index (χ4n) is 5.10. The summed E-state index contributed by atoms with van der Waals surface area (Å²) in [5, 5.41) is 5.08. The predicted molar refractivity (Wildman–Crippen MR) is 143 cm³/mol. The number of carbonyl (C=O) groups excluding carboxylic acids is 1. The molecule has 0 atom stereocenters. The minimum absolute atomic E-state index is 0.0246. The van der Waals surface area contributed by atoms with E-state index in [0.29, 0.717) is 0 Å². The van der Waals surface area contributed by atoms with Gasteiger partial charge in [0.15, 0.2) is 0 Å². The Morgan fingerprint density at radius 3 is 2.37 bits per heavy atom. The Hall–Kier alpha value is -3.28. The van der Waals surface area contributed by atoms with E-state index >= 15 is 0 Å². The van der Waals surface area contributed by atoms with E-state index in [0.717, 1.165) is 54.5 Å². The summed E-state index contributed by atoms with van der Waals surface area (Å²) in [5.74, 6) is 0.904. The molecule has 1 aliphatic heterocycles. The first-order chi connectivity index (χ1) is 17.0. The molecule has 0 radical (unpaired) electrons. The number of ether oxygens (including phenoxy) is 1. The Bertz CT molecular complexity index is 1320. The molecule has 4 aromatic rings. The van der Waals surface area contributed by atoms with Crippen molar-refractivity contribution in [2.24, 2.45) is 13.0 Å². The van der Waals surface area contributed by atoms with Crippen LogP contribution in [-0.4, -0.2) is 35.6 Å². The molecule has 0 saturated carbocycles. The van der Waals surface area contributed by atoms with Crippen LogP contribution in [0.4, 0.5) is 5.69 Å².